The Morgan fingerprint density at radius 3 is 2.89 bits per heavy atom. The van der Waals surface area contributed by atoms with Crippen LogP contribution in [0.3, 0.4) is 0 Å². The molecule has 1 N–H and O–H groups in total. The van der Waals surface area contributed by atoms with Crippen LogP contribution in [0.2, 0.25) is 0 Å². The van der Waals surface area contributed by atoms with Gasteiger partial charge in [-0.2, -0.15) is 5.10 Å². The Kier molecular flexibility index (Phi) is 5.86. The Morgan fingerprint density at radius 2 is 2.21 bits per heavy atom. The zero-order chi connectivity index (χ0) is 13.5. The highest BCUT2D eigenvalue weighted by Gasteiger charge is 2.17. The number of rotatable bonds is 7. The lowest BCUT2D eigenvalue weighted by molar-refractivity contribution is 0.166. The molecule has 0 amide bonds. The standard InChI is InChI=1S/C15H27N3O/c1-3-16-14(12-19-2)11-13-9-10-18(17-13)15-7-5-4-6-8-15/h9-10,14-16H,3-8,11-12H2,1-2H3. The van der Waals surface area contributed by atoms with Gasteiger partial charge in [-0.1, -0.05) is 26.2 Å². The number of hydrogen-bond acceptors (Lipinski definition) is 3. The van der Waals surface area contributed by atoms with Crippen molar-refractivity contribution in [1.29, 1.82) is 0 Å². The minimum atomic E-state index is 0.365. The number of aromatic nitrogens is 2. The summed E-state index contributed by atoms with van der Waals surface area (Å²) in [5, 5.41) is 8.21. The van der Waals surface area contributed by atoms with Crippen LogP contribution in [0.25, 0.3) is 0 Å². The fourth-order valence-electron chi connectivity index (χ4n) is 2.97. The quantitative estimate of drug-likeness (QED) is 0.823. The van der Waals surface area contributed by atoms with Crippen molar-refractivity contribution < 1.29 is 4.74 Å². The molecule has 1 heterocycles. The first kappa shape index (κ1) is 14.5. The highest BCUT2D eigenvalue weighted by Crippen LogP contribution is 2.27. The maximum atomic E-state index is 5.25. The zero-order valence-electron chi connectivity index (χ0n) is 12.3. The molecule has 0 radical (unpaired) electrons. The fraction of sp³-hybridized carbons (Fsp3) is 0.800. The van der Waals surface area contributed by atoms with Gasteiger partial charge in [-0.3, -0.25) is 4.68 Å². The van der Waals surface area contributed by atoms with Gasteiger partial charge >= 0.3 is 0 Å². The van der Waals surface area contributed by atoms with Crippen molar-refractivity contribution in [3.05, 3.63) is 18.0 Å². The van der Waals surface area contributed by atoms with E-state index in [0.717, 1.165) is 19.6 Å². The molecule has 108 valence electrons. The van der Waals surface area contributed by atoms with Crippen molar-refractivity contribution in [2.45, 2.75) is 57.5 Å². The number of likely N-dealkylation sites (N-methyl/N-ethyl adjacent to an activating group) is 1. The van der Waals surface area contributed by atoms with E-state index < -0.39 is 0 Å². The molecule has 1 aromatic rings. The van der Waals surface area contributed by atoms with Crippen LogP contribution in [0.5, 0.6) is 0 Å². The lowest BCUT2D eigenvalue weighted by atomic mass is 9.96. The van der Waals surface area contributed by atoms with Crippen LogP contribution in [0.15, 0.2) is 12.3 Å². The van der Waals surface area contributed by atoms with Crippen LogP contribution in [0.4, 0.5) is 0 Å². The van der Waals surface area contributed by atoms with Crippen LogP contribution < -0.4 is 5.32 Å². The number of ether oxygens (including phenoxy) is 1. The van der Waals surface area contributed by atoms with E-state index in [1.54, 1.807) is 7.11 Å². The maximum absolute atomic E-state index is 5.25. The molecule has 1 unspecified atom stereocenters. The molecule has 1 fully saturated rings. The van der Waals surface area contributed by atoms with E-state index in [-0.39, 0.29) is 0 Å². The number of hydrogen-bond donors (Lipinski definition) is 1. The lowest BCUT2D eigenvalue weighted by Crippen LogP contribution is -2.35. The molecule has 1 aliphatic rings. The van der Waals surface area contributed by atoms with Gasteiger partial charge in [0.2, 0.25) is 0 Å². The van der Waals surface area contributed by atoms with E-state index in [1.807, 2.05) is 0 Å². The van der Waals surface area contributed by atoms with Gasteiger partial charge in [-0.15, -0.1) is 0 Å². The van der Waals surface area contributed by atoms with Gasteiger partial charge in [0.15, 0.2) is 0 Å². The number of nitrogens with zero attached hydrogens (tertiary/aromatic N) is 2. The van der Waals surface area contributed by atoms with Crippen molar-refractivity contribution in [2.75, 3.05) is 20.3 Å². The van der Waals surface area contributed by atoms with Gasteiger partial charge in [-0.05, 0) is 25.5 Å². The summed E-state index contributed by atoms with van der Waals surface area (Å²) < 4.78 is 7.44. The van der Waals surface area contributed by atoms with Crippen molar-refractivity contribution in [3.63, 3.8) is 0 Å². The summed E-state index contributed by atoms with van der Waals surface area (Å²) in [6, 6.07) is 3.15. The topological polar surface area (TPSA) is 39.1 Å². The normalized spacial score (nSPS) is 18.6. The first-order chi connectivity index (χ1) is 9.33. The molecule has 19 heavy (non-hydrogen) atoms. The van der Waals surface area contributed by atoms with Gasteiger partial charge < -0.3 is 10.1 Å². The predicted octanol–water partition coefficient (Wildman–Crippen LogP) is 2.56. The molecule has 4 nitrogen and oxygen atoms in total. The molecule has 1 saturated carbocycles. The van der Waals surface area contributed by atoms with E-state index in [4.69, 9.17) is 9.84 Å². The smallest absolute Gasteiger partial charge is 0.0641 e. The second-order valence-electron chi connectivity index (χ2n) is 5.49. The molecule has 0 spiro atoms. The minimum Gasteiger partial charge on any atom is -0.383 e. The Bertz CT molecular complexity index is 352. The summed E-state index contributed by atoms with van der Waals surface area (Å²) in [6.45, 7) is 3.84. The van der Waals surface area contributed by atoms with Crippen molar-refractivity contribution in [2.24, 2.45) is 0 Å². The summed E-state index contributed by atoms with van der Waals surface area (Å²) in [5.74, 6) is 0. The third-order valence-electron chi connectivity index (χ3n) is 3.93. The second kappa shape index (κ2) is 7.65. The Hall–Kier alpha value is -0.870. The minimum absolute atomic E-state index is 0.365. The molecule has 0 aromatic carbocycles. The first-order valence-corrected chi connectivity index (χ1v) is 7.59. The summed E-state index contributed by atoms with van der Waals surface area (Å²) >= 11 is 0. The van der Waals surface area contributed by atoms with Crippen molar-refractivity contribution in [1.82, 2.24) is 15.1 Å². The van der Waals surface area contributed by atoms with E-state index in [2.05, 4.69) is 29.2 Å². The van der Waals surface area contributed by atoms with Gasteiger partial charge in [-0.25, -0.2) is 0 Å². The molecular formula is C15H27N3O. The third-order valence-corrected chi connectivity index (χ3v) is 3.93. The van der Waals surface area contributed by atoms with E-state index >= 15 is 0 Å². The average molecular weight is 265 g/mol. The average Bonchev–Trinajstić information content (AvgIpc) is 2.89. The van der Waals surface area contributed by atoms with E-state index in [9.17, 15) is 0 Å². The number of nitrogens with one attached hydrogen (secondary N) is 1. The molecule has 1 aromatic heterocycles. The fourth-order valence-corrected chi connectivity index (χ4v) is 2.97. The second-order valence-corrected chi connectivity index (χ2v) is 5.49. The highest BCUT2D eigenvalue weighted by atomic mass is 16.5. The van der Waals surface area contributed by atoms with E-state index in [0.29, 0.717) is 12.1 Å². The van der Waals surface area contributed by atoms with Gasteiger partial charge in [0.1, 0.15) is 0 Å². The summed E-state index contributed by atoms with van der Waals surface area (Å²) in [5.41, 5.74) is 1.17. The van der Waals surface area contributed by atoms with Crippen LogP contribution in [0.1, 0.15) is 50.8 Å². The molecule has 1 atom stereocenters. The molecule has 2 rings (SSSR count). The Morgan fingerprint density at radius 1 is 1.42 bits per heavy atom. The summed E-state index contributed by atoms with van der Waals surface area (Å²) in [6.07, 6.45) is 9.77. The molecule has 0 saturated heterocycles. The van der Waals surface area contributed by atoms with Crippen LogP contribution in [-0.4, -0.2) is 36.1 Å². The van der Waals surface area contributed by atoms with Gasteiger partial charge in [0.25, 0.3) is 0 Å². The molecule has 0 bridgehead atoms. The molecule has 1 aliphatic carbocycles. The Labute approximate surface area is 116 Å². The number of methoxy groups -OCH3 is 1. The lowest BCUT2D eigenvalue weighted by Gasteiger charge is -2.22. The Balaban J connectivity index is 1.91. The van der Waals surface area contributed by atoms with Gasteiger partial charge in [0.05, 0.1) is 18.3 Å². The van der Waals surface area contributed by atoms with Gasteiger partial charge in [0, 0.05) is 25.8 Å². The summed E-state index contributed by atoms with van der Waals surface area (Å²) in [7, 11) is 1.75. The van der Waals surface area contributed by atoms with Crippen LogP contribution >= 0.6 is 0 Å². The van der Waals surface area contributed by atoms with Crippen LogP contribution in [0, 0.1) is 0 Å². The summed E-state index contributed by atoms with van der Waals surface area (Å²) in [4.78, 5) is 0. The monoisotopic (exact) mass is 265 g/mol. The molecule has 4 heteroatoms. The highest BCUT2D eigenvalue weighted by molar-refractivity contribution is 5.02. The van der Waals surface area contributed by atoms with Crippen LogP contribution in [-0.2, 0) is 11.2 Å². The zero-order valence-corrected chi connectivity index (χ0v) is 12.3. The molecular weight excluding hydrogens is 238 g/mol. The third kappa shape index (κ3) is 4.32. The molecule has 0 aliphatic heterocycles. The largest absolute Gasteiger partial charge is 0.383 e. The first-order valence-electron chi connectivity index (χ1n) is 7.59. The maximum Gasteiger partial charge on any atom is 0.0641 e. The van der Waals surface area contributed by atoms with Crippen molar-refractivity contribution >= 4 is 0 Å². The van der Waals surface area contributed by atoms with E-state index in [1.165, 1.54) is 37.8 Å². The SMILES string of the molecule is CCNC(COC)Cc1ccn(C2CCCCC2)n1. The van der Waals surface area contributed by atoms with Crippen molar-refractivity contribution in [3.8, 4) is 0 Å². The predicted molar refractivity (Wildman–Crippen MR) is 77.4 cm³/mol.